The molecule has 2 aliphatic rings. The molecule has 0 aliphatic carbocycles. The first-order valence-electron chi connectivity index (χ1n) is 12.6. The third kappa shape index (κ3) is 9.37. The number of hydrogen-bond donors (Lipinski definition) is 3. The lowest BCUT2D eigenvalue weighted by atomic mass is 9.80. The SMILES string of the molecule is Cn1cncc1CNc1ncc2c(n1)C1(CCN(Cc3ccccc3)C1)COC2.O=C(O)C(F)(F)F.O=C(O)C(F)(F)F. The van der Waals surface area contributed by atoms with Crippen molar-refractivity contribution < 1.29 is 50.9 Å². The lowest BCUT2D eigenvalue weighted by Gasteiger charge is -2.34. The molecular formula is C26H28F6N6O5. The molecule has 2 aliphatic heterocycles. The number of imidazole rings is 1. The Kier molecular flexibility index (Phi) is 10.7. The van der Waals surface area contributed by atoms with Gasteiger partial charge in [-0.15, -0.1) is 0 Å². The third-order valence-corrected chi connectivity index (χ3v) is 6.51. The monoisotopic (exact) mass is 618 g/mol. The van der Waals surface area contributed by atoms with Gasteiger partial charge in [0.1, 0.15) is 0 Å². The van der Waals surface area contributed by atoms with E-state index in [0.29, 0.717) is 19.1 Å². The van der Waals surface area contributed by atoms with Crippen molar-refractivity contribution in [1.82, 2.24) is 24.4 Å². The predicted molar refractivity (Wildman–Crippen MR) is 138 cm³/mol. The van der Waals surface area contributed by atoms with Crippen molar-refractivity contribution in [2.75, 3.05) is 25.0 Å². The highest BCUT2D eigenvalue weighted by atomic mass is 19.4. The molecule has 0 radical (unpaired) electrons. The van der Waals surface area contributed by atoms with E-state index in [9.17, 15) is 26.3 Å². The minimum Gasteiger partial charge on any atom is -0.475 e. The van der Waals surface area contributed by atoms with Crippen LogP contribution in [-0.2, 0) is 46.5 Å². The van der Waals surface area contributed by atoms with Crippen molar-refractivity contribution in [2.24, 2.45) is 7.05 Å². The average molecular weight is 619 g/mol. The summed E-state index contributed by atoms with van der Waals surface area (Å²) < 4.78 is 71.4. The molecule has 4 heterocycles. The largest absolute Gasteiger partial charge is 0.490 e. The van der Waals surface area contributed by atoms with Gasteiger partial charge in [-0.3, -0.25) is 4.90 Å². The van der Waals surface area contributed by atoms with Crippen molar-refractivity contribution in [1.29, 1.82) is 0 Å². The van der Waals surface area contributed by atoms with Crippen molar-refractivity contribution >= 4 is 17.9 Å². The number of aliphatic carboxylic acids is 2. The van der Waals surface area contributed by atoms with Crippen LogP contribution in [0.4, 0.5) is 32.3 Å². The molecule has 2 aromatic heterocycles. The summed E-state index contributed by atoms with van der Waals surface area (Å²) >= 11 is 0. The number of aromatic nitrogens is 4. The normalized spacial score (nSPS) is 18.1. The average Bonchev–Trinajstić information content (AvgIpc) is 3.54. The van der Waals surface area contributed by atoms with Crippen LogP contribution in [0.2, 0.25) is 0 Å². The summed E-state index contributed by atoms with van der Waals surface area (Å²) in [5, 5.41) is 17.6. The smallest absolute Gasteiger partial charge is 0.475 e. The number of halogens is 6. The Morgan fingerprint density at radius 2 is 1.67 bits per heavy atom. The van der Waals surface area contributed by atoms with Crippen molar-refractivity contribution in [3.05, 3.63) is 71.6 Å². The number of hydrogen-bond acceptors (Lipinski definition) is 8. The quantitative estimate of drug-likeness (QED) is 0.362. The number of carbonyl (C=O) groups is 2. The van der Waals surface area contributed by atoms with E-state index in [0.717, 1.165) is 49.6 Å². The molecule has 0 amide bonds. The van der Waals surface area contributed by atoms with E-state index in [-0.39, 0.29) is 5.41 Å². The molecule has 0 bridgehead atoms. The Balaban J connectivity index is 0.000000303. The summed E-state index contributed by atoms with van der Waals surface area (Å²) in [7, 11) is 1.99. The standard InChI is InChI=1S/C22H26N6O.2C2HF3O2/c1-27-16-23-10-19(27)11-25-21-24-9-18-13-29-15-22(20(18)26-21)7-8-28(14-22)12-17-5-3-2-4-6-17;2*3-2(4,5)1(6)7/h2-6,9-10,16H,7-8,11-15H2,1H3,(H,24,25,26);2*(H,6,7). The minimum atomic E-state index is -5.08. The first kappa shape index (κ1) is 33.3. The lowest BCUT2D eigenvalue weighted by molar-refractivity contribution is -0.193. The number of alkyl halides is 6. The number of rotatable bonds is 5. The maximum Gasteiger partial charge on any atom is 0.490 e. The van der Waals surface area contributed by atoms with E-state index in [1.807, 2.05) is 24.0 Å². The summed E-state index contributed by atoms with van der Waals surface area (Å²) in [6.07, 6.45) is -3.52. The fourth-order valence-corrected chi connectivity index (χ4v) is 4.45. The molecule has 3 aromatic rings. The Bertz CT molecular complexity index is 1360. The number of nitrogens with one attached hydrogen (secondary N) is 1. The molecule has 11 nitrogen and oxygen atoms in total. The van der Waals surface area contributed by atoms with Gasteiger partial charge in [-0.25, -0.2) is 24.5 Å². The summed E-state index contributed by atoms with van der Waals surface area (Å²) in [6.45, 7) is 4.96. The minimum absolute atomic E-state index is 0.0474. The van der Waals surface area contributed by atoms with E-state index in [1.54, 1.807) is 6.33 Å². The highest BCUT2D eigenvalue weighted by Gasteiger charge is 2.45. The number of nitrogens with zero attached hydrogens (tertiary/aromatic N) is 5. The van der Waals surface area contributed by atoms with Gasteiger partial charge < -0.3 is 24.8 Å². The number of ether oxygens (including phenoxy) is 1. The molecule has 1 atom stereocenters. The molecule has 1 aromatic carbocycles. The van der Waals surface area contributed by atoms with Gasteiger partial charge in [-0.2, -0.15) is 26.3 Å². The molecule has 1 spiro atoms. The van der Waals surface area contributed by atoms with Crippen LogP contribution in [0, 0.1) is 0 Å². The number of fused-ring (bicyclic) bond motifs is 2. The Hall–Kier alpha value is -4.25. The van der Waals surface area contributed by atoms with Gasteiger partial charge in [-0.05, 0) is 18.5 Å². The van der Waals surface area contributed by atoms with E-state index in [1.165, 1.54) is 5.56 Å². The summed E-state index contributed by atoms with van der Waals surface area (Å²) in [6, 6.07) is 10.7. The van der Waals surface area contributed by atoms with Crippen LogP contribution < -0.4 is 5.32 Å². The van der Waals surface area contributed by atoms with Crippen LogP contribution >= 0.6 is 0 Å². The van der Waals surface area contributed by atoms with Gasteiger partial charge in [0.25, 0.3) is 0 Å². The van der Waals surface area contributed by atoms with Crippen molar-refractivity contribution in [3.8, 4) is 0 Å². The molecule has 17 heteroatoms. The fraction of sp³-hybridized carbons (Fsp3) is 0.423. The van der Waals surface area contributed by atoms with Gasteiger partial charge in [0.15, 0.2) is 0 Å². The molecular weight excluding hydrogens is 590 g/mol. The second-order valence-electron chi connectivity index (χ2n) is 9.74. The number of anilines is 1. The predicted octanol–water partition coefficient (Wildman–Crippen LogP) is 3.76. The van der Waals surface area contributed by atoms with E-state index >= 15 is 0 Å². The van der Waals surface area contributed by atoms with Crippen LogP contribution in [-0.4, -0.2) is 78.6 Å². The Morgan fingerprint density at radius 3 is 2.23 bits per heavy atom. The number of aryl methyl sites for hydroxylation is 1. The molecule has 1 fully saturated rings. The van der Waals surface area contributed by atoms with Crippen LogP contribution in [0.3, 0.4) is 0 Å². The molecule has 3 N–H and O–H groups in total. The molecule has 234 valence electrons. The van der Waals surface area contributed by atoms with E-state index in [2.05, 4.69) is 50.5 Å². The number of likely N-dealkylation sites (tertiary alicyclic amines) is 1. The third-order valence-electron chi connectivity index (χ3n) is 6.51. The zero-order chi connectivity index (χ0) is 31.8. The van der Waals surface area contributed by atoms with Crippen LogP contribution in [0.15, 0.2) is 49.1 Å². The first-order chi connectivity index (χ1) is 20.1. The zero-order valence-electron chi connectivity index (χ0n) is 22.7. The van der Waals surface area contributed by atoms with Crippen molar-refractivity contribution in [3.63, 3.8) is 0 Å². The first-order valence-corrected chi connectivity index (χ1v) is 12.6. The maximum atomic E-state index is 10.6. The number of carboxylic acids is 2. The second-order valence-corrected chi connectivity index (χ2v) is 9.74. The Morgan fingerprint density at radius 1 is 1.05 bits per heavy atom. The molecule has 5 rings (SSSR count). The van der Waals surface area contributed by atoms with Gasteiger partial charge in [0.05, 0.1) is 42.9 Å². The number of carboxylic acid groups (broad SMARTS) is 2. The van der Waals surface area contributed by atoms with Gasteiger partial charge >= 0.3 is 24.3 Å². The van der Waals surface area contributed by atoms with Crippen molar-refractivity contribution in [2.45, 2.75) is 43.9 Å². The molecule has 1 unspecified atom stereocenters. The lowest BCUT2D eigenvalue weighted by Crippen LogP contribution is -2.40. The highest BCUT2D eigenvalue weighted by Crippen LogP contribution is 2.39. The van der Waals surface area contributed by atoms with E-state index in [4.69, 9.17) is 29.5 Å². The topological polar surface area (TPSA) is 143 Å². The zero-order valence-corrected chi connectivity index (χ0v) is 22.7. The molecule has 43 heavy (non-hydrogen) atoms. The van der Waals surface area contributed by atoms with Gasteiger partial charge in [-0.1, -0.05) is 30.3 Å². The van der Waals surface area contributed by atoms with Crippen LogP contribution in [0.1, 0.15) is 28.9 Å². The van der Waals surface area contributed by atoms with Gasteiger partial charge in [0, 0.05) is 38.1 Å². The summed E-state index contributed by atoms with van der Waals surface area (Å²) in [5.74, 6) is -4.84. The van der Waals surface area contributed by atoms with Gasteiger partial charge in [0.2, 0.25) is 5.95 Å². The van der Waals surface area contributed by atoms with E-state index < -0.39 is 24.3 Å². The highest BCUT2D eigenvalue weighted by molar-refractivity contribution is 5.73. The second kappa shape index (κ2) is 13.8. The molecule has 0 saturated carbocycles. The van der Waals surface area contributed by atoms with Crippen LogP contribution in [0.5, 0.6) is 0 Å². The number of benzene rings is 1. The maximum absolute atomic E-state index is 10.6. The fourth-order valence-electron chi connectivity index (χ4n) is 4.45. The Labute approximate surface area is 241 Å². The summed E-state index contributed by atoms with van der Waals surface area (Å²) in [4.78, 5) is 33.9. The van der Waals surface area contributed by atoms with Crippen LogP contribution in [0.25, 0.3) is 0 Å². The summed E-state index contributed by atoms with van der Waals surface area (Å²) in [5.41, 5.74) is 4.67. The molecule has 1 saturated heterocycles.